The second kappa shape index (κ2) is 3.54. The van der Waals surface area contributed by atoms with Crippen molar-refractivity contribution in [1.82, 2.24) is 4.98 Å². The summed E-state index contributed by atoms with van der Waals surface area (Å²) in [6.45, 7) is 2.27. The van der Waals surface area contributed by atoms with Crippen molar-refractivity contribution in [3.63, 3.8) is 0 Å². The summed E-state index contributed by atoms with van der Waals surface area (Å²) in [6, 6.07) is 2.41. The molecule has 2 nitrogen and oxygen atoms in total. The van der Waals surface area contributed by atoms with Gasteiger partial charge in [-0.2, -0.15) is 0 Å². The molecule has 2 rings (SSSR count). The molecule has 13 heavy (non-hydrogen) atoms. The van der Waals surface area contributed by atoms with Crippen LogP contribution >= 0.6 is 11.6 Å². The van der Waals surface area contributed by atoms with E-state index in [4.69, 9.17) is 11.6 Å². The van der Waals surface area contributed by atoms with Crippen molar-refractivity contribution in [3.8, 4) is 0 Å². The van der Waals surface area contributed by atoms with Gasteiger partial charge >= 0.3 is 0 Å². The maximum Gasteiger partial charge on any atom is 0.0718 e. The normalized spacial score (nSPS) is 26.6. The molecule has 70 valence electrons. The minimum absolute atomic E-state index is 0.594. The molecule has 3 heteroatoms. The molecule has 0 aliphatic heterocycles. The van der Waals surface area contributed by atoms with E-state index in [-0.39, 0.29) is 0 Å². The van der Waals surface area contributed by atoms with Crippen molar-refractivity contribution in [2.45, 2.75) is 25.8 Å². The quantitative estimate of drug-likeness (QED) is 0.787. The van der Waals surface area contributed by atoms with Crippen LogP contribution in [0.25, 0.3) is 0 Å². The fourth-order valence-corrected chi connectivity index (χ4v) is 1.88. The van der Waals surface area contributed by atoms with Gasteiger partial charge in [0.15, 0.2) is 0 Å². The van der Waals surface area contributed by atoms with Crippen LogP contribution in [0.1, 0.15) is 19.8 Å². The first kappa shape index (κ1) is 8.82. The Kier molecular flexibility index (Phi) is 2.40. The molecule has 0 spiro atoms. The van der Waals surface area contributed by atoms with Gasteiger partial charge in [-0.1, -0.05) is 18.5 Å². The number of hydrogen-bond donors (Lipinski definition) is 1. The molecule has 0 bridgehead atoms. The predicted octanol–water partition coefficient (Wildman–Crippen LogP) is 2.95. The monoisotopic (exact) mass is 196 g/mol. The third-order valence-electron chi connectivity index (χ3n) is 2.50. The summed E-state index contributed by atoms with van der Waals surface area (Å²) in [6.07, 6.45) is 5.97. The van der Waals surface area contributed by atoms with Crippen LogP contribution in [0.15, 0.2) is 18.5 Å². The standard InChI is InChI=1S/C10H13ClN2/c1-7-4-8(5-7)13-10-6-12-3-2-9(10)11/h2-3,6-8,13H,4-5H2,1H3. The summed E-state index contributed by atoms with van der Waals surface area (Å²) in [5, 5.41) is 4.14. The van der Waals surface area contributed by atoms with Crippen LogP contribution in [-0.2, 0) is 0 Å². The highest BCUT2D eigenvalue weighted by Gasteiger charge is 2.25. The van der Waals surface area contributed by atoms with E-state index in [0.29, 0.717) is 6.04 Å². The van der Waals surface area contributed by atoms with E-state index in [1.165, 1.54) is 12.8 Å². The maximum atomic E-state index is 5.98. The zero-order chi connectivity index (χ0) is 9.26. The lowest BCUT2D eigenvalue weighted by molar-refractivity contribution is 0.309. The first-order chi connectivity index (χ1) is 6.25. The van der Waals surface area contributed by atoms with E-state index >= 15 is 0 Å². The Morgan fingerprint density at radius 1 is 1.54 bits per heavy atom. The molecule has 0 amide bonds. The smallest absolute Gasteiger partial charge is 0.0718 e. The van der Waals surface area contributed by atoms with Gasteiger partial charge in [-0.25, -0.2) is 0 Å². The van der Waals surface area contributed by atoms with Gasteiger partial charge in [0, 0.05) is 12.2 Å². The summed E-state index contributed by atoms with van der Waals surface area (Å²) in [4.78, 5) is 4.03. The molecule has 1 aliphatic carbocycles. The minimum Gasteiger partial charge on any atom is -0.380 e. The van der Waals surface area contributed by atoms with Crippen LogP contribution in [0.2, 0.25) is 5.02 Å². The van der Waals surface area contributed by atoms with E-state index in [1.54, 1.807) is 12.4 Å². The summed E-state index contributed by atoms with van der Waals surface area (Å²) < 4.78 is 0. The van der Waals surface area contributed by atoms with E-state index in [0.717, 1.165) is 16.6 Å². The lowest BCUT2D eigenvalue weighted by Crippen LogP contribution is -2.33. The summed E-state index contributed by atoms with van der Waals surface area (Å²) >= 11 is 5.98. The Morgan fingerprint density at radius 2 is 2.31 bits per heavy atom. The Morgan fingerprint density at radius 3 is 2.92 bits per heavy atom. The third-order valence-corrected chi connectivity index (χ3v) is 2.83. The van der Waals surface area contributed by atoms with Gasteiger partial charge in [0.25, 0.3) is 0 Å². The number of aromatic nitrogens is 1. The summed E-state index contributed by atoms with van der Waals surface area (Å²) in [5.41, 5.74) is 0.959. The van der Waals surface area contributed by atoms with Crippen molar-refractivity contribution in [2.24, 2.45) is 5.92 Å². The molecule has 1 fully saturated rings. The number of hydrogen-bond acceptors (Lipinski definition) is 2. The Bertz CT molecular complexity index is 295. The van der Waals surface area contributed by atoms with Gasteiger partial charge in [-0.05, 0) is 24.8 Å². The average molecular weight is 197 g/mol. The molecule has 0 aromatic carbocycles. The van der Waals surface area contributed by atoms with Crippen molar-refractivity contribution in [2.75, 3.05) is 5.32 Å². The number of nitrogens with one attached hydrogen (secondary N) is 1. The van der Waals surface area contributed by atoms with Crippen molar-refractivity contribution in [1.29, 1.82) is 0 Å². The van der Waals surface area contributed by atoms with Crippen molar-refractivity contribution >= 4 is 17.3 Å². The zero-order valence-electron chi connectivity index (χ0n) is 7.63. The van der Waals surface area contributed by atoms with E-state index in [1.807, 2.05) is 6.07 Å². The van der Waals surface area contributed by atoms with Crippen LogP contribution in [0, 0.1) is 5.92 Å². The van der Waals surface area contributed by atoms with Gasteiger partial charge in [0.05, 0.1) is 16.9 Å². The van der Waals surface area contributed by atoms with Crippen LogP contribution in [0.3, 0.4) is 0 Å². The van der Waals surface area contributed by atoms with E-state index in [9.17, 15) is 0 Å². The molecule has 1 aliphatic rings. The number of pyridine rings is 1. The average Bonchev–Trinajstić information content (AvgIpc) is 2.06. The molecule has 0 saturated heterocycles. The van der Waals surface area contributed by atoms with Crippen molar-refractivity contribution in [3.05, 3.63) is 23.5 Å². The largest absolute Gasteiger partial charge is 0.380 e. The number of halogens is 1. The predicted molar refractivity (Wildman–Crippen MR) is 55.1 cm³/mol. The first-order valence-corrected chi connectivity index (χ1v) is 4.99. The van der Waals surface area contributed by atoms with Gasteiger partial charge in [-0.15, -0.1) is 0 Å². The highest BCUT2D eigenvalue weighted by molar-refractivity contribution is 6.33. The molecule has 0 atom stereocenters. The fraction of sp³-hybridized carbons (Fsp3) is 0.500. The Balaban J connectivity index is 1.98. The highest BCUT2D eigenvalue weighted by atomic mass is 35.5. The summed E-state index contributed by atoms with van der Waals surface area (Å²) in [5.74, 6) is 0.855. The topological polar surface area (TPSA) is 24.9 Å². The van der Waals surface area contributed by atoms with Gasteiger partial charge < -0.3 is 5.32 Å². The van der Waals surface area contributed by atoms with Crippen LogP contribution in [-0.4, -0.2) is 11.0 Å². The number of nitrogens with zero attached hydrogens (tertiary/aromatic N) is 1. The van der Waals surface area contributed by atoms with Crippen molar-refractivity contribution < 1.29 is 0 Å². The number of anilines is 1. The molecule has 1 N–H and O–H groups in total. The summed E-state index contributed by atoms with van der Waals surface area (Å²) in [7, 11) is 0. The zero-order valence-corrected chi connectivity index (χ0v) is 8.38. The highest BCUT2D eigenvalue weighted by Crippen LogP contribution is 2.31. The second-order valence-electron chi connectivity index (χ2n) is 3.77. The Labute approximate surface area is 83.3 Å². The van der Waals surface area contributed by atoms with Crippen LogP contribution < -0.4 is 5.32 Å². The third kappa shape index (κ3) is 1.94. The van der Waals surface area contributed by atoms with Gasteiger partial charge in [0.1, 0.15) is 0 Å². The number of rotatable bonds is 2. The Hall–Kier alpha value is -0.760. The molecule has 0 unspecified atom stereocenters. The SMILES string of the molecule is CC1CC(Nc2cnccc2Cl)C1. The lowest BCUT2D eigenvalue weighted by Gasteiger charge is -2.34. The molecule has 1 saturated carbocycles. The van der Waals surface area contributed by atoms with Gasteiger partial charge in [0.2, 0.25) is 0 Å². The molecular formula is C10H13ClN2. The lowest BCUT2D eigenvalue weighted by atomic mass is 9.82. The molecular weight excluding hydrogens is 184 g/mol. The first-order valence-electron chi connectivity index (χ1n) is 4.62. The van der Waals surface area contributed by atoms with Gasteiger partial charge in [-0.3, -0.25) is 4.98 Å². The van der Waals surface area contributed by atoms with Crippen LogP contribution in [0.5, 0.6) is 0 Å². The molecule has 1 aromatic heterocycles. The second-order valence-corrected chi connectivity index (χ2v) is 4.18. The minimum atomic E-state index is 0.594. The molecule has 0 radical (unpaired) electrons. The van der Waals surface area contributed by atoms with E-state index in [2.05, 4.69) is 17.2 Å². The van der Waals surface area contributed by atoms with E-state index < -0.39 is 0 Å². The molecule has 1 heterocycles. The maximum absolute atomic E-state index is 5.98. The molecule has 1 aromatic rings. The fourth-order valence-electron chi connectivity index (χ4n) is 1.72. The van der Waals surface area contributed by atoms with Crippen LogP contribution in [0.4, 0.5) is 5.69 Å².